The largest absolute Gasteiger partial charge is 0.455 e. The molecule has 24 heavy (non-hydrogen) atoms. The Bertz CT molecular complexity index is 406. The number of hydrogen-bond donors (Lipinski definition) is 0. The van der Waals surface area contributed by atoms with Crippen LogP contribution in [0, 0.1) is 0 Å². The summed E-state index contributed by atoms with van der Waals surface area (Å²) in [6, 6.07) is 0. The molecule has 0 aliphatic heterocycles. The van der Waals surface area contributed by atoms with E-state index in [1.54, 1.807) is 0 Å². The number of alkyl halides is 13. The van der Waals surface area contributed by atoms with Gasteiger partial charge in [-0.3, -0.25) is 0 Å². The summed E-state index contributed by atoms with van der Waals surface area (Å²) in [4.78, 5) is 0. The van der Waals surface area contributed by atoms with Gasteiger partial charge < -0.3 is 4.74 Å². The van der Waals surface area contributed by atoms with Gasteiger partial charge in [0.2, 0.25) is 0 Å². The van der Waals surface area contributed by atoms with E-state index >= 15 is 0 Å². The van der Waals surface area contributed by atoms with Gasteiger partial charge in [0, 0.05) is 0 Å². The Labute approximate surface area is 125 Å². The highest BCUT2D eigenvalue weighted by Gasteiger charge is 2.93. The Balaban J connectivity index is 6.43. The average Bonchev–Trinajstić information content (AvgIpc) is 2.33. The second-order valence-corrected chi connectivity index (χ2v) is 4.52. The molecular weight excluding hydrogens is 383 g/mol. The minimum absolute atomic E-state index is 0.140. The second kappa shape index (κ2) is 6.41. The van der Waals surface area contributed by atoms with Crippen molar-refractivity contribution in [3.05, 3.63) is 0 Å². The maximum absolute atomic E-state index is 13.6. The zero-order chi connectivity index (χ0) is 19.8. The van der Waals surface area contributed by atoms with Crippen LogP contribution in [0.4, 0.5) is 57.1 Å². The van der Waals surface area contributed by atoms with Crippen LogP contribution in [0.25, 0.3) is 0 Å². The minimum Gasteiger partial charge on any atom is -0.334 e. The number of halogens is 13. The van der Waals surface area contributed by atoms with Crippen molar-refractivity contribution in [1.82, 2.24) is 0 Å². The topological polar surface area (TPSA) is 9.23 Å². The molecule has 0 aliphatic rings. The van der Waals surface area contributed by atoms with Crippen molar-refractivity contribution >= 4 is 0 Å². The van der Waals surface area contributed by atoms with Crippen LogP contribution >= 0.6 is 0 Å². The average molecular weight is 392 g/mol. The molecule has 0 aromatic carbocycles. The first-order chi connectivity index (χ1) is 10.3. The summed E-state index contributed by atoms with van der Waals surface area (Å²) in [5.74, 6) is -14.6. The van der Waals surface area contributed by atoms with E-state index < -0.39 is 49.0 Å². The molecule has 0 aromatic rings. The van der Waals surface area contributed by atoms with Crippen molar-refractivity contribution in [1.29, 1.82) is 0 Å². The molecule has 0 spiro atoms. The Morgan fingerprint density at radius 2 is 1.00 bits per heavy atom. The van der Waals surface area contributed by atoms with Crippen molar-refractivity contribution in [3.8, 4) is 0 Å². The Hall–Kier alpha value is -0.950. The van der Waals surface area contributed by atoms with Crippen molar-refractivity contribution in [2.45, 2.75) is 55.7 Å². The lowest BCUT2D eigenvalue weighted by Gasteiger charge is -2.42. The summed E-state index contributed by atoms with van der Waals surface area (Å²) in [6.45, 7) is -0.423. The highest BCUT2D eigenvalue weighted by atomic mass is 19.4. The molecule has 0 saturated carbocycles. The summed E-state index contributed by atoms with van der Waals surface area (Å²) in [5.41, 5.74) is -7.84. The van der Waals surface area contributed by atoms with Crippen LogP contribution in [0.1, 0.15) is 19.8 Å². The lowest BCUT2D eigenvalue weighted by Crippen LogP contribution is -2.74. The van der Waals surface area contributed by atoms with Crippen molar-refractivity contribution in [2.75, 3.05) is 6.61 Å². The van der Waals surface area contributed by atoms with E-state index in [-0.39, 0.29) is 6.42 Å². The zero-order valence-corrected chi connectivity index (χ0v) is 11.4. The fourth-order valence-corrected chi connectivity index (χ4v) is 1.45. The molecule has 146 valence electrons. The van der Waals surface area contributed by atoms with E-state index in [0.29, 0.717) is 0 Å². The van der Waals surface area contributed by atoms with E-state index in [0.717, 1.165) is 0 Å². The molecule has 0 N–H and O–H groups in total. The van der Waals surface area contributed by atoms with Crippen molar-refractivity contribution in [2.24, 2.45) is 0 Å². The molecule has 0 fully saturated rings. The molecule has 14 heteroatoms. The molecule has 0 bridgehead atoms. The van der Waals surface area contributed by atoms with Gasteiger partial charge in [0.05, 0.1) is 6.61 Å². The van der Waals surface area contributed by atoms with Gasteiger partial charge in [-0.05, 0) is 6.42 Å². The third-order valence-electron chi connectivity index (χ3n) is 2.78. The molecule has 1 unspecified atom stereocenters. The standard InChI is InChI=1S/C10H9F13O/c1-2-3-4-24-7(14,10(21,22)23)6(12,13)5(11,8(15,16)17)9(18,19)20/h2-4H2,1H3. The quantitative estimate of drug-likeness (QED) is 0.429. The van der Waals surface area contributed by atoms with Gasteiger partial charge in [-0.25, -0.2) is 4.39 Å². The van der Waals surface area contributed by atoms with Gasteiger partial charge in [0.25, 0.3) is 0 Å². The maximum atomic E-state index is 13.6. The van der Waals surface area contributed by atoms with Crippen molar-refractivity contribution in [3.63, 3.8) is 0 Å². The molecule has 0 heterocycles. The van der Waals surface area contributed by atoms with E-state index in [4.69, 9.17) is 0 Å². The number of unbranched alkanes of at least 4 members (excludes halogenated alkanes) is 1. The summed E-state index contributed by atoms with van der Waals surface area (Å²) in [5, 5.41) is 0. The first kappa shape index (κ1) is 23.1. The van der Waals surface area contributed by atoms with Crippen LogP contribution in [-0.4, -0.2) is 42.6 Å². The van der Waals surface area contributed by atoms with Crippen LogP contribution in [0.2, 0.25) is 0 Å². The number of rotatable bonds is 6. The van der Waals surface area contributed by atoms with Crippen LogP contribution in [0.15, 0.2) is 0 Å². The van der Waals surface area contributed by atoms with Crippen LogP contribution < -0.4 is 0 Å². The monoisotopic (exact) mass is 392 g/mol. The van der Waals surface area contributed by atoms with Crippen LogP contribution in [0.5, 0.6) is 0 Å². The lowest BCUT2D eigenvalue weighted by atomic mass is 9.89. The molecule has 1 atom stereocenters. The maximum Gasteiger partial charge on any atom is 0.455 e. The molecule has 0 aliphatic carbocycles. The predicted octanol–water partition coefficient (Wildman–Crippen LogP) is 5.50. The van der Waals surface area contributed by atoms with E-state index in [2.05, 4.69) is 4.74 Å². The van der Waals surface area contributed by atoms with E-state index in [1.807, 2.05) is 0 Å². The second-order valence-electron chi connectivity index (χ2n) is 4.52. The zero-order valence-electron chi connectivity index (χ0n) is 11.4. The molecule has 0 saturated heterocycles. The summed E-state index contributed by atoms with van der Waals surface area (Å²) >= 11 is 0. The molecule has 1 nitrogen and oxygen atoms in total. The van der Waals surface area contributed by atoms with Gasteiger partial charge in [-0.15, -0.1) is 0 Å². The first-order valence-corrected chi connectivity index (χ1v) is 5.91. The molecule has 0 aromatic heterocycles. The SMILES string of the molecule is CCCCOC(F)(C(F)(F)F)C(F)(F)C(F)(C(F)(F)F)C(F)(F)F. The summed E-state index contributed by atoms with van der Waals surface area (Å²) in [7, 11) is 0. The summed E-state index contributed by atoms with van der Waals surface area (Å²) in [6.07, 6.45) is -23.1. The third-order valence-corrected chi connectivity index (χ3v) is 2.78. The Kier molecular flexibility index (Phi) is 6.15. The Morgan fingerprint density at radius 3 is 1.25 bits per heavy atom. The molecule has 0 radical (unpaired) electrons. The van der Waals surface area contributed by atoms with Gasteiger partial charge >= 0.3 is 36.0 Å². The molecular formula is C10H9F13O. The fourth-order valence-electron chi connectivity index (χ4n) is 1.45. The minimum atomic E-state index is -7.84. The molecule has 0 amide bonds. The number of ether oxygens (including phenoxy) is 1. The smallest absolute Gasteiger partial charge is 0.334 e. The third kappa shape index (κ3) is 3.38. The van der Waals surface area contributed by atoms with Gasteiger partial charge in [0.1, 0.15) is 0 Å². The van der Waals surface area contributed by atoms with E-state index in [1.165, 1.54) is 6.92 Å². The van der Waals surface area contributed by atoms with Gasteiger partial charge in [0.15, 0.2) is 0 Å². The first-order valence-electron chi connectivity index (χ1n) is 5.91. The highest BCUT2D eigenvalue weighted by Crippen LogP contribution is 2.61. The lowest BCUT2D eigenvalue weighted by molar-refractivity contribution is -0.476. The predicted molar refractivity (Wildman–Crippen MR) is 51.7 cm³/mol. The van der Waals surface area contributed by atoms with Crippen molar-refractivity contribution < 1.29 is 61.8 Å². The van der Waals surface area contributed by atoms with Gasteiger partial charge in [-0.2, -0.15) is 52.7 Å². The highest BCUT2D eigenvalue weighted by molar-refractivity contribution is 5.13. The number of hydrogen-bond acceptors (Lipinski definition) is 1. The Morgan fingerprint density at radius 1 is 0.625 bits per heavy atom. The van der Waals surface area contributed by atoms with Gasteiger partial charge in [-0.1, -0.05) is 13.3 Å². The normalized spacial score (nSPS) is 17.8. The molecule has 0 rings (SSSR count). The van der Waals surface area contributed by atoms with Crippen LogP contribution in [-0.2, 0) is 4.74 Å². The summed E-state index contributed by atoms with van der Waals surface area (Å²) < 4.78 is 167. The van der Waals surface area contributed by atoms with E-state index in [9.17, 15) is 57.1 Å². The fraction of sp³-hybridized carbons (Fsp3) is 1.00. The van der Waals surface area contributed by atoms with Crippen LogP contribution in [0.3, 0.4) is 0 Å².